The number of hydrogen-bond acceptors (Lipinski definition) is 2. The molecule has 1 unspecified atom stereocenters. The molecule has 0 bridgehead atoms. The highest BCUT2D eigenvalue weighted by Gasteiger charge is 2.05. The van der Waals surface area contributed by atoms with Crippen molar-refractivity contribution in [3.63, 3.8) is 0 Å². The molecule has 2 nitrogen and oxygen atoms in total. The number of halogens is 1. The summed E-state index contributed by atoms with van der Waals surface area (Å²) in [4.78, 5) is 3.80. The molecule has 1 atom stereocenters. The van der Waals surface area contributed by atoms with Gasteiger partial charge in [0.15, 0.2) is 0 Å². The molecular formula is C6H5ClNOS. The average molecular weight is 175 g/mol. The average Bonchev–Trinajstić information content (AvgIpc) is 1.88. The van der Waals surface area contributed by atoms with Crippen LogP contribution in [0.3, 0.4) is 0 Å². The van der Waals surface area contributed by atoms with E-state index in [4.69, 9.17) is 11.6 Å². The van der Waals surface area contributed by atoms with E-state index in [9.17, 15) is 4.55 Å². The van der Waals surface area contributed by atoms with Gasteiger partial charge in [0.25, 0.3) is 5.03 Å². The number of nitrogens with zero attached hydrogens (tertiary/aromatic N) is 1. The van der Waals surface area contributed by atoms with Crippen molar-refractivity contribution in [3.05, 3.63) is 23.4 Å². The maximum absolute atomic E-state index is 10.8. The lowest BCUT2D eigenvalue weighted by molar-refractivity contribution is 0.597. The van der Waals surface area contributed by atoms with Crippen LogP contribution < -0.4 is 0 Å². The smallest absolute Gasteiger partial charge is 0.253 e. The van der Waals surface area contributed by atoms with E-state index in [0.717, 1.165) is 0 Å². The molecule has 0 aromatic carbocycles. The Balaban J connectivity index is 2.96. The number of aromatic nitrogens is 1. The van der Waals surface area contributed by atoms with Crippen molar-refractivity contribution in [1.29, 1.82) is 0 Å². The number of hydrogen-bond donors (Lipinski definition) is 0. The first-order chi connectivity index (χ1) is 4.70. The summed E-state index contributed by atoms with van der Waals surface area (Å²) >= 11 is 4.47. The highest BCUT2D eigenvalue weighted by molar-refractivity contribution is 7.90. The fourth-order valence-electron chi connectivity index (χ4n) is 0.493. The van der Waals surface area contributed by atoms with Crippen LogP contribution in [0.5, 0.6) is 0 Å². The van der Waals surface area contributed by atoms with Gasteiger partial charge < -0.3 is 4.55 Å². The summed E-state index contributed by atoms with van der Waals surface area (Å²) in [6, 6.07) is 4.26. The Morgan fingerprint density at radius 2 is 2.50 bits per heavy atom. The molecule has 0 saturated heterocycles. The Kier molecular flexibility index (Phi) is 2.54. The van der Waals surface area contributed by atoms with Gasteiger partial charge in [-0.1, -0.05) is 11.6 Å². The third-order valence-electron chi connectivity index (χ3n) is 0.911. The van der Waals surface area contributed by atoms with Gasteiger partial charge in [-0.3, -0.25) is 0 Å². The highest BCUT2D eigenvalue weighted by Crippen LogP contribution is 2.10. The van der Waals surface area contributed by atoms with E-state index in [0.29, 0.717) is 10.0 Å². The van der Waals surface area contributed by atoms with Crippen molar-refractivity contribution < 1.29 is 4.55 Å². The SMILES string of the molecule is C[S+]([O-])c1[c]c(Cl)ccn1. The van der Waals surface area contributed by atoms with Crippen molar-refractivity contribution in [2.24, 2.45) is 0 Å². The van der Waals surface area contributed by atoms with E-state index in [1.165, 1.54) is 12.5 Å². The predicted molar refractivity (Wildman–Crippen MR) is 40.4 cm³/mol. The first kappa shape index (κ1) is 7.85. The molecule has 1 aromatic heterocycles. The molecule has 1 aromatic rings. The van der Waals surface area contributed by atoms with Crippen LogP contribution in [0.2, 0.25) is 5.02 Å². The largest absolute Gasteiger partial charge is 0.610 e. The van der Waals surface area contributed by atoms with Gasteiger partial charge in [-0.15, -0.1) is 0 Å². The standard InChI is InChI=1S/C6H5ClNOS/c1-10(9)6-4-5(7)2-3-8-6/h2-3H,1H3. The lowest BCUT2D eigenvalue weighted by Gasteiger charge is -2.00. The molecular weight excluding hydrogens is 170 g/mol. The summed E-state index contributed by atoms with van der Waals surface area (Å²) in [6.07, 6.45) is 3.05. The van der Waals surface area contributed by atoms with Gasteiger partial charge in [0, 0.05) is 17.4 Å². The zero-order chi connectivity index (χ0) is 7.56. The Labute approximate surface area is 67.4 Å². The van der Waals surface area contributed by atoms with Crippen molar-refractivity contribution in [1.82, 2.24) is 4.98 Å². The molecule has 0 aliphatic heterocycles. The van der Waals surface area contributed by atoms with Crippen LogP contribution in [0.25, 0.3) is 0 Å². The monoisotopic (exact) mass is 174 g/mol. The van der Waals surface area contributed by atoms with E-state index in [-0.39, 0.29) is 0 Å². The van der Waals surface area contributed by atoms with Gasteiger partial charge in [-0.25, -0.2) is 4.98 Å². The number of rotatable bonds is 1. The fourth-order valence-corrected chi connectivity index (χ4v) is 1.16. The summed E-state index contributed by atoms with van der Waals surface area (Å²) in [5.74, 6) is 0. The molecule has 10 heavy (non-hydrogen) atoms. The predicted octanol–water partition coefficient (Wildman–Crippen LogP) is 1.27. The first-order valence-electron chi connectivity index (χ1n) is 2.57. The minimum atomic E-state index is -1.09. The molecule has 1 radical (unpaired) electrons. The molecule has 0 amide bonds. The van der Waals surface area contributed by atoms with E-state index < -0.39 is 11.2 Å². The summed E-state index contributed by atoms with van der Waals surface area (Å²) in [5, 5.41) is 0.840. The van der Waals surface area contributed by atoms with Crippen molar-refractivity contribution in [2.45, 2.75) is 5.03 Å². The van der Waals surface area contributed by atoms with E-state index in [1.807, 2.05) is 0 Å². The van der Waals surface area contributed by atoms with Crippen LogP contribution in [0, 0.1) is 6.07 Å². The topological polar surface area (TPSA) is 36.0 Å². The van der Waals surface area contributed by atoms with E-state index in [1.54, 1.807) is 6.07 Å². The van der Waals surface area contributed by atoms with Crippen LogP contribution in [0.15, 0.2) is 17.3 Å². The zero-order valence-corrected chi connectivity index (χ0v) is 6.87. The molecule has 0 aliphatic carbocycles. The third-order valence-corrected chi connectivity index (χ3v) is 1.88. The molecule has 4 heteroatoms. The Hall–Kier alpha value is -0.250. The van der Waals surface area contributed by atoms with E-state index in [2.05, 4.69) is 11.1 Å². The minimum absolute atomic E-state index is 0.396. The summed E-state index contributed by atoms with van der Waals surface area (Å²) in [7, 11) is 0. The Morgan fingerprint density at radius 3 is 2.90 bits per heavy atom. The van der Waals surface area contributed by atoms with Gasteiger partial charge in [0.2, 0.25) is 0 Å². The van der Waals surface area contributed by atoms with E-state index >= 15 is 0 Å². The van der Waals surface area contributed by atoms with Gasteiger partial charge in [-0.2, -0.15) is 0 Å². The fraction of sp³-hybridized carbons (Fsp3) is 0.167. The van der Waals surface area contributed by atoms with Crippen LogP contribution in [0.1, 0.15) is 0 Å². The maximum atomic E-state index is 10.8. The van der Waals surface area contributed by atoms with Crippen molar-refractivity contribution in [3.8, 4) is 0 Å². The second-order valence-corrected chi connectivity index (χ2v) is 3.38. The van der Waals surface area contributed by atoms with Crippen LogP contribution in [-0.4, -0.2) is 15.8 Å². The van der Waals surface area contributed by atoms with Crippen molar-refractivity contribution >= 4 is 22.8 Å². The van der Waals surface area contributed by atoms with Crippen molar-refractivity contribution in [2.75, 3.05) is 6.26 Å². The first-order valence-corrected chi connectivity index (χ1v) is 4.51. The molecule has 0 N–H and O–H groups in total. The van der Waals surface area contributed by atoms with Gasteiger partial charge in [0.1, 0.15) is 6.26 Å². The summed E-state index contributed by atoms with van der Waals surface area (Å²) in [5.41, 5.74) is 0. The van der Waals surface area contributed by atoms with Crippen LogP contribution >= 0.6 is 11.6 Å². The zero-order valence-electron chi connectivity index (χ0n) is 5.30. The summed E-state index contributed by atoms with van der Waals surface area (Å²) < 4.78 is 10.8. The maximum Gasteiger partial charge on any atom is 0.253 e. The normalized spacial score (nSPS) is 13.1. The Bertz CT molecular complexity index is 229. The second kappa shape index (κ2) is 3.23. The highest BCUT2D eigenvalue weighted by atomic mass is 35.5. The Morgan fingerprint density at radius 1 is 1.80 bits per heavy atom. The van der Waals surface area contributed by atoms with Gasteiger partial charge >= 0.3 is 0 Å². The lowest BCUT2D eigenvalue weighted by Crippen LogP contribution is -1.99. The molecule has 53 valence electrons. The quantitative estimate of drug-likeness (QED) is 0.602. The second-order valence-electron chi connectivity index (χ2n) is 1.68. The molecule has 1 rings (SSSR count). The molecule has 0 spiro atoms. The molecule has 1 heterocycles. The third kappa shape index (κ3) is 1.87. The van der Waals surface area contributed by atoms with Crippen LogP contribution in [-0.2, 0) is 11.2 Å². The molecule has 0 aliphatic rings. The summed E-state index contributed by atoms with van der Waals surface area (Å²) in [6.45, 7) is 0. The minimum Gasteiger partial charge on any atom is -0.610 e. The molecule has 0 saturated carbocycles. The molecule has 0 fully saturated rings. The van der Waals surface area contributed by atoms with Gasteiger partial charge in [-0.05, 0) is 6.07 Å². The van der Waals surface area contributed by atoms with Gasteiger partial charge in [0.05, 0.1) is 11.1 Å². The van der Waals surface area contributed by atoms with Crippen LogP contribution in [0.4, 0.5) is 0 Å². The lowest BCUT2D eigenvalue weighted by atomic mass is 10.5. The number of pyridine rings is 1.